The lowest BCUT2D eigenvalue weighted by molar-refractivity contribution is 0.0792. The topological polar surface area (TPSA) is 74.7 Å². The quantitative estimate of drug-likeness (QED) is 0.411. The molecule has 6 heteroatoms. The first kappa shape index (κ1) is 23.1. The fourth-order valence-corrected chi connectivity index (χ4v) is 5.28. The molecule has 0 spiro atoms. The van der Waals surface area contributed by atoms with Crippen LogP contribution in [0, 0.1) is 0 Å². The van der Waals surface area contributed by atoms with Crippen LogP contribution in [0.3, 0.4) is 0 Å². The van der Waals surface area contributed by atoms with E-state index >= 15 is 0 Å². The van der Waals surface area contributed by atoms with Crippen LogP contribution in [0.25, 0.3) is 0 Å². The van der Waals surface area contributed by atoms with Crippen LogP contribution < -0.4 is 14.2 Å². The van der Waals surface area contributed by atoms with Crippen LogP contribution in [0.2, 0.25) is 0 Å². The number of carbonyl (C=O) groups is 2. The zero-order valence-electron chi connectivity index (χ0n) is 20.1. The van der Waals surface area contributed by atoms with Crippen LogP contribution in [0.5, 0.6) is 17.2 Å². The van der Waals surface area contributed by atoms with E-state index in [-0.39, 0.29) is 24.1 Å². The lowest BCUT2D eigenvalue weighted by Crippen LogP contribution is -2.40. The maximum absolute atomic E-state index is 14.1. The number of methoxy groups -OCH3 is 1. The average molecular weight is 472 g/mol. The van der Waals surface area contributed by atoms with E-state index in [1.807, 2.05) is 31.2 Å². The minimum Gasteiger partial charge on any atom is -0.494 e. The van der Waals surface area contributed by atoms with Gasteiger partial charge in [-0.05, 0) is 92.6 Å². The van der Waals surface area contributed by atoms with Gasteiger partial charge in [-0.2, -0.15) is 0 Å². The molecule has 1 atom stereocenters. The Hall–Kier alpha value is -3.67. The van der Waals surface area contributed by atoms with Gasteiger partial charge < -0.3 is 14.2 Å². The van der Waals surface area contributed by atoms with Crippen molar-refractivity contribution in [1.29, 1.82) is 0 Å². The zero-order chi connectivity index (χ0) is 24.4. The van der Waals surface area contributed by atoms with Gasteiger partial charge in [0, 0.05) is 23.5 Å². The number of rotatable bonds is 8. The molecule has 2 aliphatic rings. The molecule has 0 amide bonds. The van der Waals surface area contributed by atoms with Crippen LogP contribution in [0.15, 0.2) is 60.9 Å². The van der Waals surface area contributed by atoms with Gasteiger partial charge in [0.05, 0.1) is 19.8 Å². The molecule has 3 aromatic rings. The van der Waals surface area contributed by atoms with Crippen LogP contribution in [-0.4, -0.2) is 36.4 Å². The Labute approximate surface area is 205 Å². The van der Waals surface area contributed by atoms with Gasteiger partial charge in [-0.3, -0.25) is 14.6 Å². The minimum atomic E-state index is -1.41. The van der Waals surface area contributed by atoms with Crippen molar-refractivity contribution in [2.45, 2.75) is 50.5 Å². The molecule has 180 valence electrons. The van der Waals surface area contributed by atoms with E-state index in [9.17, 15) is 9.59 Å². The molecule has 35 heavy (non-hydrogen) atoms. The maximum atomic E-state index is 14.1. The molecular weight excluding hydrogens is 442 g/mol. The third kappa shape index (κ3) is 4.07. The Morgan fingerprint density at radius 1 is 0.914 bits per heavy atom. The molecule has 1 unspecified atom stereocenters. The number of carbonyl (C=O) groups excluding carboxylic acids is 2. The Morgan fingerprint density at radius 3 is 2.37 bits per heavy atom. The first-order chi connectivity index (χ1) is 17.1. The fourth-order valence-electron chi connectivity index (χ4n) is 5.28. The molecule has 0 saturated heterocycles. The van der Waals surface area contributed by atoms with Crippen molar-refractivity contribution in [2.75, 3.05) is 13.7 Å². The van der Waals surface area contributed by atoms with Gasteiger partial charge in [0.1, 0.15) is 11.2 Å². The number of hydrogen-bond acceptors (Lipinski definition) is 6. The second-order valence-corrected chi connectivity index (χ2v) is 9.13. The molecule has 0 aliphatic heterocycles. The highest BCUT2D eigenvalue weighted by Crippen LogP contribution is 2.45. The molecule has 2 aromatic carbocycles. The zero-order valence-corrected chi connectivity index (χ0v) is 20.1. The summed E-state index contributed by atoms with van der Waals surface area (Å²) in [6.07, 6.45) is 7.92. The van der Waals surface area contributed by atoms with Crippen molar-refractivity contribution in [3.8, 4) is 17.2 Å². The van der Waals surface area contributed by atoms with Crippen molar-refractivity contribution in [3.63, 3.8) is 0 Å². The fraction of sp³-hybridized carbons (Fsp3) is 0.345. The summed E-state index contributed by atoms with van der Waals surface area (Å²) >= 11 is 0. The molecule has 1 heterocycles. The van der Waals surface area contributed by atoms with Gasteiger partial charge in [-0.15, -0.1) is 0 Å². The second-order valence-electron chi connectivity index (χ2n) is 9.13. The average Bonchev–Trinajstić information content (AvgIpc) is 3.46. The molecule has 6 nitrogen and oxygen atoms in total. The van der Waals surface area contributed by atoms with Gasteiger partial charge >= 0.3 is 0 Å². The van der Waals surface area contributed by atoms with Crippen molar-refractivity contribution in [2.24, 2.45) is 0 Å². The van der Waals surface area contributed by atoms with E-state index in [1.165, 1.54) is 0 Å². The number of nitrogens with zero attached hydrogens (tertiary/aromatic N) is 1. The van der Waals surface area contributed by atoms with Crippen molar-refractivity contribution in [1.82, 2.24) is 4.98 Å². The summed E-state index contributed by atoms with van der Waals surface area (Å²) < 4.78 is 17.5. The largest absolute Gasteiger partial charge is 0.494 e. The predicted octanol–water partition coefficient (Wildman–Crippen LogP) is 5.37. The summed E-state index contributed by atoms with van der Waals surface area (Å²) in [6, 6.07) is 14.3. The number of ketones is 2. The lowest BCUT2D eigenvalue weighted by Gasteiger charge is -2.28. The predicted molar refractivity (Wildman–Crippen MR) is 132 cm³/mol. The van der Waals surface area contributed by atoms with E-state index in [1.54, 1.807) is 43.8 Å². The van der Waals surface area contributed by atoms with Crippen LogP contribution >= 0.6 is 0 Å². The number of benzene rings is 2. The lowest BCUT2D eigenvalue weighted by atomic mass is 9.71. The Kier molecular flexibility index (Phi) is 6.29. The third-order valence-electron chi connectivity index (χ3n) is 7.04. The molecule has 0 radical (unpaired) electrons. The van der Waals surface area contributed by atoms with E-state index in [2.05, 4.69) is 4.98 Å². The van der Waals surface area contributed by atoms with Gasteiger partial charge in [0.15, 0.2) is 23.1 Å². The van der Waals surface area contributed by atoms with Gasteiger partial charge in [-0.25, -0.2) is 0 Å². The van der Waals surface area contributed by atoms with E-state index in [4.69, 9.17) is 14.2 Å². The first-order valence-electron chi connectivity index (χ1n) is 12.2. The van der Waals surface area contributed by atoms with E-state index in [0.717, 1.165) is 31.2 Å². The van der Waals surface area contributed by atoms with E-state index < -0.39 is 5.41 Å². The normalized spacial score (nSPS) is 19.6. The van der Waals surface area contributed by atoms with Crippen molar-refractivity contribution in [3.05, 3.63) is 83.2 Å². The molecule has 1 fully saturated rings. The number of ether oxygens (including phenoxy) is 3. The SMILES string of the molecule is CCOc1ccc2c(c1)C(=O)C(Cc1ccncc1)(c1ccc(OC)c(OC3CCCC3)c1)C2=O. The van der Waals surface area contributed by atoms with Crippen LogP contribution in [-0.2, 0) is 11.8 Å². The Bertz CT molecular complexity index is 1250. The molecule has 0 N–H and O–H groups in total. The Balaban J connectivity index is 1.64. The highest BCUT2D eigenvalue weighted by molar-refractivity contribution is 6.33. The molecule has 0 bridgehead atoms. The highest BCUT2D eigenvalue weighted by Gasteiger charge is 2.54. The van der Waals surface area contributed by atoms with Gasteiger partial charge in [0.25, 0.3) is 0 Å². The molecule has 1 saturated carbocycles. The smallest absolute Gasteiger partial charge is 0.182 e. The van der Waals surface area contributed by atoms with E-state index in [0.29, 0.717) is 40.5 Å². The van der Waals surface area contributed by atoms with Gasteiger partial charge in [0.2, 0.25) is 0 Å². The second kappa shape index (κ2) is 9.53. The number of fused-ring (bicyclic) bond motifs is 1. The molecule has 5 rings (SSSR count). The summed E-state index contributed by atoms with van der Waals surface area (Å²) in [4.78, 5) is 32.3. The summed E-state index contributed by atoms with van der Waals surface area (Å²) in [5.41, 5.74) is 0.862. The monoisotopic (exact) mass is 471 g/mol. The highest BCUT2D eigenvalue weighted by atomic mass is 16.5. The van der Waals surface area contributed by atoms with Crippen molar-refractivity contribution >= 4 is 11.6 Å². The third-order valence-corrected chi connectivity index (χ3v) is 7.04. The minimum absolute atomic E-state index is 0.108. The summed E-state index contributed by atoms with van der Waals surface area (Å²) in [7, 11) is 1.60. The number of Topliss-reactive ketones (excluding diaryl/α,β-unsaturated/α-hetero) is 2. The van der Waals surface area contributed by atoms with Gasteiger partial charge in [-0.1, -0.05) is 6.07 Å². The first-order valence-corrected chi connectivity index (χ1v) is 12.2. The van der Waals surface area contributed by atoms with Crippen LogP contribution in [0.4, 0.5) is 0 Å². The number of hydrogen-bond donors (Lipinski definition) is 0. The molecule has 2 aliphatic carbocycles. The summed E-state index contributed by atoms with van der Waals surface area (Å²) in [5, 5.41) is 0. The summed E-state index contributed by atoms with van der Waals surface area (Å²) in [6.45, 7) is 2.36. The summed E-state index contributed by atoms with van der Waals surface area (Å²) in [5.74, 6) is 1.29. The van der Waals surface area contributed by atoms with Crippen molar-refractivity contribution < 1.29 is 23.8 Å². The number of pyridine rings is 1. The van der Waals surface area contributed by atoms with Crippen LogP contribution in [0.1, 0.15) is 64.4 Å². The Morgan fingerprint density at radius 2 is 1.66 bits per heavy atom. The number of aromatic nitrogens is 1. The maximum Gasteiger partial charge on any atom is 0.182 e. The standard InChI is InChI=1S/C29H29NO5/c1-3-34-22-9-10-23-24(17-22)28(32)29(27(23)31,18-19-12-14-30-15-13-19)20-8-11-25(33-2)26(16-20)35-21-6-4-5-7-21/h8-17,21H,3-7,18H2,1-2H3. The molecule has 1 aromatic heterocycles. The molecular formula is C29H29NO5.